The number of amidine groups is 1. The van der Waals surface area contributed by atoms with E-state index in [1.807, 2.05) is 67.5 Å². The number of benzene rings is 2. The fourth-order valence-corrected chi connectivity index (χ4v) is 5.30. The number of fused-ring (bicyclic) bond motifs is 1. The van der Waals surface area contributed by atoms with Gasteiger partial charge in [0.25, 0.3) is 0 Å². The monoisotopic (exact) mass is 502 g/mol. The molecule has 0 unspecified atom stereocenters. The van der Waals surface area contributed by atoms with Crippen molar-refractivity contribution in [2.45, 2.75) is 56.0 Å². The molecule has 0 bridgehead atoms. The van der Waals surface area contributed by atoms with Crippen LogP contribution in [0, 0.1) is 0 Å². The minimum Gasteiger partial charge on any atom is -0.497 e. The topological polar surface area (TPSA) is 82.0 Å². The van der Waals surface area contributed by atoms with Crippen molar-refractivity contribution in [1.82, 2.24) is 4.90 Å². The predicted octanol–water partition coefficient (Wildman–Crippen LogP) is 3.31. The van der Waals surface area contributed by atoms with Crippen molar-refractivity contribution in [3.05, 3.63) is 59.7 Å². The zero-order valence-corrected chi connectivity index (χ0v) is 21.6. The van der Waals surface area contributed by atoms with Crippen LogP contribution in [0.4, 0.5) is 0 Å². The van der Waals surface area contributed by atoms with E-state index in [4.69, 9.17) is 28.7 Å². The highest BCUT2D eigenvalue weighted by atomic mass is 32.2. The molecule has 35 heavy (non-hydrogen) atoms. The first-order valence-electron chi connectivity index (χ1n) is 11.6. The average molecular weight is 503 g/mol. The van der Waals surface area contributed by atoms with Crippen LogP contribution in [-0.2, 0) is 27.4 Å². The minimum absolute atomic E-state index is 0.256. The molecule has 0 amide bonds. The maximum Gasteiger partial charge on any atom is 0.161 e. The number of nitrogens with zero attached hydrogens (tertiary/aromatic N) is 2. The normalized spacial score (nSPS) is 26.6. The highest BCUT2D eigenvalue weighted by Gasteiger charge is 2.52. The first-order valence-corrected chi connectivity index (χ1v) is 12.5. The molecule has 0 aliphatic carbocycles. The quantitative estimate of drug-likeness (QED) is 0.559. The van der Waals surface area contributed by atoms with Crippen LogP contribution in [0.1, 0.15) is 18.1 Å². The highest BCUT2D eigenvalue weighted by Crippen LogP contribution is 2.40. The van der Waals surface area contributed by atoms with Gasteiger partial charge in [-0.3, -0.25) is 4.99 Å². The molecule has 190 valence electrons. The number of hydrogen-bond donors (Lipinski definition) is 1. The van der Waals surface area contributed by atoms with Crippen LogP contribution in [0.25, 0.3) is 0 Å². The number of rotatable bonds is 9. The summed E-state index contributed by atoms with van der Waals surface area (Å²) in [5, 5.41) is 11.5. The molecule has 1 saturated heterocycles. The van der Waals surface area contributed by atoms with Crippen LogP contribution in [0.15, 0.2) is 53.5 Å². The van der Waals surface area contributed by atoms with Crippen molar-refractivity contribution in [2.24, 2.45) is 4.99 Å². The van der Waals surface area contributed by atoms with Crippen LogP contribution < -0.4 is 9.47 Å². The van der Waals surface area contributed by atoms with Crippen molar-refractivity contribution in [3.8, 4) is 11.5 Å². The Labute approximate surface area is 211 Å². The van der Waals surface area contributed by atoms with E-state index in [9.17, 15) is 5.11 Å². The lowest BCUT2D eigenvalue weighted by atomic mass is 9.94. The Morgan fingerprint density at radius 2 is 1.43 bits per heavy atom. The summed E-state index contributed by atoms with van der Waals surface area (Å²) in [7, 11) is 7.20. The van der Waals surface area contributed by atoms with Gasteiger partial charge in [-0.05, 0) is 42.3 Å². The van der Waals surface area contributed by atoms with Gasteiger partial charge in [-0.1, -0.05) is 36.0 Å². The molecular formula is C26H34N2O6S. The lowest BCUT2D eigenvalue weighted by Crippen LogP contribution is -2.59. The summed E-state index contributed by atoms with van der Waals surface area (Å²) in [6, 6.07) is 15.2. The molecule has 9 heteroatoms. The predicted molar refractivity (Wildman–Crippen MR) is 136 cm³/mol. The van der Waals surface area contributed by atoms with Gasteiger partial charge in [0, 0.05) is 14.1 Å². The number of hydrogen-bond acceptors (Lipinski definition) is 9. The van der Waals surface area contributed by atoms with Gasteiger partial charge in [-0.15, -0.1) is 0 Å². The third-order valence-corrected chi connectivity index (χ3v) is 7.40. The summed E-state index contributed by atoms with van der Waals surface area (Å²) in [5.41, 5.74) is 1.75. The van der Waals surface area contributed by atoms with Crippen LogP contribution in [-0.4, -0.2) is 79.4 Å². The number of thioether (sulfide) groups is 1. The Kier molecular flexibility index (Phi) is 8.56. The molecule has 2 aromatic carbocycles. The van der Waals surface area contributed by atoms with Gasteiger partial charge in [-0.25, -0.2) is 0 Å². The number of aliphatic hydroxyl groups is 1. The van der Waals surface area contributed by atoms with E-state index in [0.29, 0.717) is 13.2 Å². The molecule has 1 fully saturated rings. The molecule has 2 aliphatic heterocycles. The van der Waals surface area contributed by atoms with Gasteiger partial charge in [0.15, 0.2) is 5.17 Å². The third kappa shape index (κ3) is 6.10. The zero-order chi connectivity index (χ0) is 24.9. The molecule has 2 aromatic rings. The van der Waals surface area contributed by atoms with Gasteiger partial charge < -0.3 is 33.7 Å². The molecule has 0 radical (unpaired) electrons. The highest BCUT2D eigenvalue weighted by molar-refractivity contribution is 8.14. The molecule has 0 saturated carbocycles. The number of ether oxygens (including phenoxy) is 5. The molecular weight excluding hydrogens is 468 g/mol. The maximum absolute atomic E-state index is 10.6. The molecule has 2 heterocycles. The van der Waals surface area contributed by atoms with E-state index in [1.54, 1.807) is 32.9 Å². The van der Waals surface area contributed by atoms with E-state index in [0.717, 1.165) is 27.8 Å². The van der Waals surface area contributed by atoms with Gasteiger partial charge >= 0.3 is 0 Å². The number of aliphatic hydroxyl groups excluding tert-OH is 1. The summed E-state index contributed by atoms with van der Waals surface area (Å²) < 4.78 is 29.7. The third-order valence-electron chi connectivity index (χ3n) is 6.10. The number of methoxy groups -OCH3 is 2. The molecule has 6 atom stereocenters. The molecule has 0 aromatic heterocycles. The van der Waals surface area contributed by atoms with E-state index in [1.165, 1.54) is 0 Å². The van der Waals surface area contributed by atoms with Gasteiger partial charge in [0.05, 0.1) is 33.5 Å². The summed E-state index contributed by atoms with van der Waals surface area (Å²) in [6.07, 6.45) is -2.21. The van der Waals surface area contributed by atoms with E-state index >= 15 is 0 Å². The second-order valence-corrected chi connectivity index (χ2v) is 9.94. The van der Waals surface area contributed by atoms with E-state index in [-0.39, 0.29) is 11.5 Å². The SMILES string of the molecule is COc1ccc(CO[C@@H]2[C@H](OCc3ccc(OC)cc3)[C@H]3N=C(N(C)C)S[C@H]3O[C@@H]2[C@H](C)O)cc1. The minimum atomic E-state index is -0.743. The van der Waals surface area contributed by atoms with Gasteiger partial charge in [0.2, 0.25) is 0 Å². The molecule has 4 rings (SSSR count). The van der Waals surface area contributed by atoms with Crippen molar-refractivity contribution in [3.63, 3.8) is 0 Å². The summed E-state index contributed by atoms with van der Waals surface area (Å²) in [4.78, 5) is 6.88. The van der Waals surface area contributed by atoms with Crippen LogP contribution in [0.3, 0.4) is 0 Å². The van der Waals surface area contributed by atoms with Crippen molar-refractivity contribution in [1.29, 1.82) is 0 Å². The first-order chi connectivity index (χ1) is 16.9. The Bertz CT molecular complexity index is 982. The lowest BCUT2D eigenvalue weighted by Gasteiger charge is -2.43. The lowest BCUT2D eigenvalue weighted by molar-refractivity contribution is -0.218. The number of aliphatic imine (C=N–C) groups is 1. The van der Waals surface area contributed by atoms with E-state index < -0.39 is 24.4 Å². The smallest absolute Gasteiger partial charge is 0.161 e. The summed E-state index contributed by atoms with van der Waals surface area (Å²) in [5.74, 6) is 1.58. The Morgan fingerprint density at radius 1 is 0.914 bits per heavy atom. The van der Waals surface area contributed by atoms with Gasteiger partial charge in [-0.2, -0.15) is 0 Å². The average Bonchev–Trinajstić information content (AvgIpc) is 3.31. The van der Waals surface area contributed by atoms with Crippen molar-refractivity contribution >= 4 is 16.9 Å². The largest absolute Gasteiger partial charge is 0.497 e. The van der Waals surface area contributed by atoms with Crippen LogP contribution in [0.2, 0.25) is 0 Å². The van der Waals surface area contributed by atoms with Crippen molar-refractivity contribution < 1.29 is 28.8 Å². The molecule has 1 N–H and O–H groups in total. The molecule has 8 nitrogen and oxygen atoms in total. The Balaban J connectivity index is 1.57. The first kappa shape index (κ1) is 25.8. The van der Waals surface area contributed by atoms with Gasteiger partial charge in [0.1, 0.15) is 41.3 Å². The second kappa shape index (κ2) is 11.6. The standard InChI is InChI=1S/C26H34N2O6S/c1-16(29)22-24(33-15-18-8-12-20(31-5)13-9-18)23(21-25(34-22)35-26(27-21)28(2)3)32-14-17-6-10-19(30-4)11-7-17/h6-13,16,21-25,29H,14-15H2,1-5H3/t16-,21+,22+,23+,24-,25+/m0/s1. The maximum atomic E-state index is 10.6. The second-order valence-electron chi connectivity index (χ2n) is 8.87. The van der Waals surface area contributed by atoms with Crippen molar-refractivity contribution in [2.75, 3.05) is 28.3 Å². The summed E-state index contributed by atoms with van der Waals surface area (Å²) >= 11 is 1.55. The Hall–Kier alpha value is -2.30. The van der Waals surface area contributed by atoms with Crippen LogP contribution >= 0.6 is 11.8 Å². The fourth-order valence-electron chi connectivity index (χ4n) is 4.16. The van der Waals surface area contributed by atoms with E-state index in [2.05, 4.69) is 0 Å². The van der Waals surface area contributed by atoms with Crippen LogP contribution in [0.5, 0.6) is 11.5 Å². The molecule has 2 aliphatic rings. The fraction of sp³-hybridized carbons (Fsp3) is 0.500. The zero-order valence-electron chi connectivity index (χ0n) is 20.8. The Morgan fingerprint density at radius 3 is 1.89 bits per heavy atom. The summed E-state index contributed by atoms with van der Waals surface area (Å²) in [6.45, 7) is 2.45. The molecule has 0 spiro atoms.